The molecule has 0 fully saturated rings. The maximum Gasteiger partial charge on any atom is 0.433 e. The largest absolute Gasteiger partial charge is 0.433 e. The van der Waals surface area contributed by atoms with Crippen LogP contribution in [0.25, 0.3) is 0 Å². The monoisotopic (exact) mass is 243 g/mol. The Morgan fingerprint density at radius 3 is 2.53 bits per heavy atom. The molecule has 0 unspecified atom stereocenters. The van der Waals surface area contributed by atoms with Gasteiger partial charge in [-0.05, 0) is 11.6 Å². The van der Waals surface area contributed by atoms with E-state index in [2.05, 4.69) is 15.3 Å². The normalized spacial score (nSPS) is 11.5. The van der Waals surface area contributed by atoms with Crippen LogP contribution in [0.2, 0.25) is 5.28 Å². The van der Waals surface area contributed by atoms with Crippen LogP contribution in [-0.2, 0) is 6.18 Å². The molecule has 0 aliphatic rings. The molecule has 1 heterocycles. The number of hydrogen-bond donors (Lipinski definition) is 1. The third-order valence-corrected chi connectivity index (χ3v) is 1.56. The lowest BCUT2D eigenvalue weighted by atomic mass is 10.4. The first-order valence-corrected chi connectivity index (χ1v) is 4.23. The molecular weight excluding hydrogens is 238 g/mol. The molecule has 8 heteroatoms. The summed E-state index contributed by atoms with van der Waals surface area (Å²) in [5.74, 6) is -0.153. The van der Waals surface area contributed by atoms with Crippen LogP contribution in [0, 0.1) is 0 Å². The zero-order valence-corrected chi connectivity index (χ0v) is 8.03. The van der Waals surface area contributed by atoms with E-state index in [4.69, 9.17) is 11.6 Å². The van der Waals surface area contributed by atoms with Gasteiger partial charge in [0.1, 0.15) is 12.5 Å². The minimum absolute atomic E-state index is 0.134. The number of nitrogens with zero attached hydrogens (tertiary/aromatic N) is 2. The van der Waals surface area contributed by atoms with Crippen molar-refractivity contribution in [3.63, 3.8) is 0 Å². The van der Waals surface area contributed by atoms with Gasteiger partial charge < -0.3 is 5.32 Å². The molecule has 0 bridgehead atoms. The van der Waals surface area contributed by atoms with Crippen molar-refractivity contribution in [3.8, 4) is 0 Å². The van der Waals surface area contributed by atoms with E-state index < -0.39 is 23.8 Å². The molecule has 1 aromatic heterocycles. The SMILES string of the molecule is FCCNc1cc(C(F)(F)F)nc(Cl)n1. The molecule has 3 nitrogen and oxygen atoms in total. The highest BCUT2D eigenvalue weighted by atomic mass is 35.5. The minimum Gasteiger partial charge on any atom is -0.367 e. The lowest BCUT2D eigenvalue weighted by Crippen LogP contribution is -2.12. The van der Waals surface area contributed by atoms with Crippen LogP contribution in [0.3, 0.4) is 0 Å². The number of rotatable bonds is 3. The van der Waals surface area contributed by atoms with E-state index >= 15 is 0 Å². The van der Waals surface area contributed by atoms with Gasteiger partial charge >= 0.3 is 6.18 Å². The Hall–Kier alpha value is -1.11. The third-order valence-electron chi connectivity index (χ3n) is 1.39. The number of nitrogens with one attached hydrogen (secondary N) is 1. The van der Waals surface area contributed by atoms with Crippen molar-refractivity contribution in [1.82, 2.24) is 9.97 Å². The molecule has 0 amide bonds. The van der Waals surface area contributed by atoms with Crippen LogP contribution in [0.15, 0.2) is 6.07 Å². The van der Waals surface area contributed by atoms with Crippen molar-refractivity contribution in [1.29, 1.82) is 0 Å². The predicted molar refractivity (Wildman–Crippen MR) is 46.5 cm³/mol. The van der Waals surface area contributed by atoms with Gasteiger partial charge in [0.2, 0.25) is 5.28 Å². The molecule has 0 saturated carbocycles. The highest BCUT2D eigenvalue weighted by Gasteiger charge is 2.33. The van der Waals surface area contributed by atoms with Gasteiger partial charge in [0.05, 0.1) is 0 Å². The first-order valence-electron chi connectivity index (χ1n) is 3.85. The van der Waals surface area contributed by atoms with E-state index in [0.717, 1.165) is 0 Å². The average Bonchev–Trinajstić information content (AvgIpc) is 2.12. The minimum atomic E-state index is -4.60. The zero-order chi connectivity index (χ0) is 11.5. The smallest absolute Gasteiger partial charge is 0.367 e. The second-order valence-corrected chi connectivity index (χ2v) is 2.86. The maximum atomic E-state index is 12.2. The Morgan fingerprint density at radius 1 is 1.33 bits per heavy atom. The van der Waals surface area contributed by atoms with Gasteiger partial charge in [0.25, 0.3) is 0 Å². The van der Waals surface area contributed by atoms with Crippen LogP contribution in [-0.4, -0.2) is 23.2 Å². The summed E-state index contributed by atoms with van der Waals surface area (Å²) in [6, 6.07) is 0.668. The molecule has 1 rings (SSSR count). The lowest BCUT2D eigenvalue weighted by molar-refractivity contribution is -0.141. The average molecular weight is 244 g/mol. The van der Waals surface area contributed by atoms with E-state index in [1.807, 2.05) is 0 Å². The van der Waals surface area contributed by atoms with E-state index in [9.17, 15) is 17.6 Å². The highest BCUT2D eigenvalue weighted by molar-refractivity contribution is 6.28. The van der Waals surface area contributed by atoms with E-state index in [0.29, 0.717) is 6.07 Å². The third kappa shape index (κ3) is 3.50. The molecule has 0 saturated heterocycles. The molecule has 0 aromatic carbocycles. The van der Waals surface area contributed by atoms with Gasteiger partial charge in [-0.25, -0.2) is 14.4 Å². The number of halogens is 5. The van der Waals surface area contributed by atoms with Crippen LogP contribution < -0.4 is 5.32 Å². The van der Waals surface area contributed by atoms with Crippen LogP contribution in [0.1, 0.15) is 5.69 Å². The van der Waals surface area contributed by atoms with Gasteiger partial charge in [0.15, 0.2) is 5.69 Å². The van der Waals surface area contributed by atoms with Crippen LogP contribution in [0.5, 0.6) is 0 Å². The van der Waals surface area contributed by atoms with Crippen molar-refractivity contribution >= 4 is 17.4 Å². The van der Waals surface area contributed by atoms with Gasteiger partial charge in [-0.1, -0.05) is 0 Å². The van der Waals surface area contributed by atoms with Gasteiger partial charge in [-0.15, -0.1) is 0 Å². The Labute approximate surface area is 87.5 Å². The van der Waals surface area contributed by atoms with Crippen molar-refractivity contribution < 1.29 is 17.6 Å². The molecule has 15 heavy (non-hydrogen) atoms. The summed E-state index contributed by atoms with van der Waals surface area (Å²) in [5.41, 5.74) is -1.16. The molecule has 0 atom stereocenters. The quantitative estimate of drug-likeness (QED) is 0.655. The van der Waals surface area contributed by atoms with E-state index in [-0.39, 0.29) is 12.4 Å². The zero-order valence-electron chi connectivity index (χ0n) is 7.28. The first-order chi connectivity index (χ1) is 6.93. The maximum absolute atomic E-state index is 12.2. The van der Waals surface area contributed by atoms with Crippen LogP contribution >= 0.6 is 11.6 Å². The molecule has 0 spiro atoms. The van der Waals surface area contributed by atoms with E-state index in [1.165, 1.54) is 0 Å². The standard InChI is InChI=1S/C7H6ClF4N3/c8-6-14-4(7(10,11)12)3-5(15-6)13-2-1-9/h3H,1-2H2,(H,13,14,15). The fraction of sp³-hybridized carbons (Fsp3) is 0.429. The number of alkyl halides is 4. The van der Waals surface area contributed by atoms with Crippen molar-refractivity contribution in [2.24, 2.45) is 0 Å². The number of hydrogen-bond acceptors (Lipinski definition) is 3. The molecule has 0 radical (unpaired) electrons. The summed E-state index contributed by atoms with van der Waals surface area (Å²) in [6.07, 6.45) is -4.60. The summed E-state index contributed by atoms with van der Waals surface area (Å²) in [4.78, 5) is 6.47. The summed E-state index contributed by atoms with van der Waals surface area (Å²) in [5, 5.41) is 1.80. The summed E-state index contributed by atoms with van der Waals surface area (Å²) in [7, 11) is 0. The van der Waals surface area contributed by atoms with Crippen LogP contribution in [0.4, 0.5) is 23.4 Å². The fourth-order valence-electron chi connectivity index (χ4n) is 0.829. The Bertz CT molecular complexity index is 341. The summed E-state index contributed by atoms with van der Waals surface area (Å²) in [6.45, 7) is -0.854. The molecule has 0 aliphatic carbocycles. The van der Waals surface area contributed by atoms with Crippen molar-refractivity contribution in [3.05, 3.63) is 17.0 Å². The fourth-order valence-corrected chi connectivity index (χ4v) is 1.01. The molecule has 1 aromatic rings. The second-order valence-electron chi connectivity index (χ2n) is 2.52. The topological polar surface area (TPSA) is 37.8 Å². The summed E-state index contributed by atoms with van der Waals surface area (Å²) >= 11 is 5.28. The van der Waals surface area contributed by atoms with Gasteiger partial charge in [-0.3, -0.25) is 0 Å². The summed E-state index contributed by atoms with van der Waals surface area (Å²) < 4.78 is 48.4. The second kappa shape index (κ2) is 4.61. The first kappa shape index (κ1) is 12.0. The molecule has 0 aliphatic heterocycles. The lowest BCUT2D eigenvalue weighted by Gasteiger charge is -2.08. The number of anilines is 1. The Balaban J connectivity index is 2.95. The predicted octanol–water partition coefficient (Wildman–Crippen LogP) is 2.53. The van der Waals surface area contributed by atoms with Gasteiger partial charge in [0, 0.05) is 12.6 Å². The highest BCUT2D eigenvalue weighted by Crippen LogP contribution is 2.29. The van der Waals surface area contributed by atoms with Gasteiger partial charge in [-0.2, -0.15) is 13.2 Å². The van der Waals surface area contributed by atoms with E-state index in [1.54, 1.807) is 0 Å². The number of aromatic nitrogens is 2. The molecular formula is C7H6ClF4N3. The molecule has 1 N–H and O–H groups in total. The van der Waals surface area contributed by atoms with Crippen molar-refractivity contribution in [2.75, 3.05) is 18.5 Å². The molecule has 84 valence electrons. The van der Waals surface area contributed by atoms with Crippen molar-refractivity contribution in [2.45, 2.75) is 6.18 Å². The Morgan fingerprint density at radius 2 is 2.00 bits per heavy atom. The Kier molecular flexibility index (Phi) is 3.67.